The van der Waals surface area contributed by atoms with Crippen molar-refractivity contribution in [1.82, 2.24) is 4.90 Å². The molecular weight excluding hydrogens is 358 g/mol. The number of anilines is 1. The first kappa shape index (κ1) is 16.4. The van der Waals surface area contributed by atoms with E-state index in [-0.39, 0.29) is 17.2 Å². The first-order valence-corrected chi connectivity index (χ1v) is 8.75. The number of amides is 2. The summed E-state index contributed by atoms with van der Waals surface area (Å²) in [5.74, 6) is 0.532. The second-order valence-electron chi connectivity index (χ2n) is 5.02. The minimum Gasteiger partial charge on any atom is -0.308 e. The Morgan fingerprint density at radius 3 is 2.65 bits per heavy atom. The van der Waals surface area contributed by atoms with Crippen molar-refractivity contribution < 1.29 is 9.18 Å². The van der Waals surface area contributed by atoms with Crippen LogP contribution < -0.4 is 5.32 Å². The fourth-order valence-corrected chi connectivity index (χ4v) is 4.07. The van der Waals surface area contributed by atoms with E-state index in [0.29, 0.717) is 22.3 Å². The molecule has 0 radical (unpaired) electrons. The van der Waals surface area contributed by atoms with Crippen molar-refractivity contribution in [1.29, 1.82) is 0 Å². The number of carbonyl (C=O) groups is 1. The van der Waals surface area contributed by atoms with Gasteiger partial charge in [0.05, 0.1) is 10.7 Å². The maximum Gasteiger partial charge on any atom is 0.323 e. The maximum atomic E-state index is 13.1. The highest BCUT2D eigenvalue weighted by Gasteiger charge is 2.30. The van der Waals surface area contributed by atoms with Crippen molar-refractivity contribution in [3.05, 3.63) is 63.9 Å². The molecule has 0 aliphatic carbocycles. The molecule has 0 spiro atoms. The SMILES string of the molecule is O=C(Nc1ccc(Cl)cc1Cl)N1CCS[C@H]1c1ccc(F)cc1. The molecule has 120 valence electrons. The molecule has 1 aliphatic heterocycles. The molecule has 1 saturated heterocycles. The quantitative estimate of drug-likeness (QED) is 0.765. The van der Waals surface area contributed by atoms with E-state index < -0.39 is 0 Å². The Labute approximate surface area is 147 Å². The van der Waals surface area contributed by atoms with Gasteiger partial charge in [-0.05, 0) is 35.9 Å². The van der Waals surface area contributed by atoms with E-state index >= 15 is 0 Å². The van der Waals surface area contributed by atoms with Gasteiger partial charge in [0.1, 0.15) is 11.2 Å². The van der Waals surface area contributed by atoms with Crippen LogP contribution in [0.3, 0.4) is 0 Å². The van der Waals surface area contributed by atoms with Crippen LogP contribution in [0.15, 0.2) is 42.5 Å². The van der Waals surface area contributed by atoms with E-state index in [4.69, 9.17) is 23.2 Å². The molecule has 3 rings (SSSR count). The van der Waals surface area contributed by atoms with Crippen molar-refractivity contribution in [3.8, 4) is 0 Å². The molecule has 1 atom stereocenters. The minimum absolute atomic E-state index is 0.137. The summed E-state index contributed by atoms with van der Waals surface area (Å²) in [6.45, 7) is 0.615. The number of hydrogen-bond donors (Lipinski definition) is 1. The molecule has 0 bridgehead atoms. The van der Waals surface area contributed by atoms with Gasteiger partial charge in [0.25, 0.3) is 0 Å². The molecule has 1 fully saturated rings. The zero-order chi connectivity index (χ0) is 16.4. The Morgan fingerprint density at radius 1 is 1.22 bits per heavy atom. The smallest absolute Gasteiger partial charge is 0.308 e. The van der Waals surface area contributed by atoms with Gasteiger partial charge < -0.3 is 10.2 Å². The number of hydrogen-bond acceptors (Lipinski definition) is 2. The monoisotopic (exact) mass is 370 g/mol. The average Bonchev–Trinajstić information content (AvgIpc) is 3.00. The predicted molar refractivity (Wildman–Crippen MR) is 93.8 cm³/mol. The van der Waals surface area contributed by atoms with Crippen LogP contribution in [0.1, 0.15) is 10.9 Å². The van der Waals surface area contributed by atoms with Gasteiger partial charge >= 0.3 is 6.03 Å². The zero-order valence-corrected chi connectivity index (χ0v) is 14.3. The highest BCUT2D eigenvalue weighted by molar-refractivity contribution is 7.99. The number of benzene rings is 2. The lowest BCUT2D eigenvalue weighted by Crippen LogP contribution is -2.34. The summed E-state index contributed by atoms with van der Waals surface area (Å²) in [5.41, 5.74) is 1.40. The van der Waals surface area contributed by atoms with Crippen molar-refractivity contribution in [2.45, 2.75) is 5.37 Å². The van der Waals surface area contributed by atoms with Crippen molar-refractivity contribution in [3.63, 3.8) is 0 Å². The Morgan fingerprint density at radius 2 is 1.96 bits per heavy atom. The Hall–Kier alpha value is -1.43. The first-order valence-electron chi connectivity index (χ1n) is 6.94. The molecule has 0 saturated carbocycles. The van der Waals surface area contributed by atoms with Crippen LogP contribution in [-0.2, 0) is 0 Å². The van der Waals surface area contributed by atoms with E-state index in [1.54, 1.807) is 47.0 Å². The molecule has 2 amide bonds. The molecule has 2 aromatic rings. The second kappa shape index (κ2) is 6.99. The molecule has 1 N–H and O–H groups in total. The summed E-state index contributed by atoms with van der Waals surface area (Å²) < 4.78 is 13.1. The van der Waals surface area contributed by atoms with Gasteiger partial charge in [-0.1, -0.05) is 35.3 Å². The fourth-order valence-electron chi connectivity index (χ4n) is 2.36. The van der Waals surface area contributed by atoms with E-state index in [1.807, 2.05) is 0 Å². The summed E-state index contributed by atoms with van der Waals surface area (Å²) in [6.07, 6.45) is 0. The molecule has 3 nitrogen and oxygen atoms in total. The van der Waals surface area contributed by atoms with Crippen molar-refractivity contribution in [2.75, 3.05) is 17.6 Å². The third kappa shape index (κ3) is 3.74. The van der Waals surface area contributed by atoms with Crippen LogP contribution in [0.4, 0.5) is 14.9 Å². The molecule has 0 unspecified atom stereocenters. The van der Waals surface area contributed by atoms with Crippen LogP contribution in [0, 0.1) is 5.82 Å². The molecule has 1 heterocycles. The summed E-state index contributed by atoms with van der Waals surface area (Å²) in [4.78, 5) is 14.2. The van der Waals surface area contributed by atoms with Gasteiger partial charge in [-0.15, -0.1) is 11.8 Å². The molecule has 1 aliphatic rings. The Kier molecular flexibility index (Phi) is 4.99. The van der Waals surface area contributed by atoms with Gasteiger partial charge in [-0.2, -0.15) is 0 Å². The lowest BCUT2D eigenvalue weighted by molar-refractivity contribution is 0.214. The number of thioether (sulfide) groups is 1. The number of halogens is 3. The minimum atomic E-state index is -0.291. The van der Waals surface area contributed by atoms with Crippen LogP contribution in [0.2, 0.25) is 10.0 Å². The summed E-state index contributed by atoms with van der Waals surface area (Å²) >= 11 is 13.6. The largest absolute Gasteiger partial charge is 0.323 e. The standard InChI is InChI=1S/C16H13Cl2FN2OS/c17-11-3-6-14(13(18)9-11)20-16(22)21-7-8-23-15(21)10-1-4-12(19)5-2-10/h1-6,9,15H,7-8H2,(H,20,22)/t15-/m0/s1. The van der Waals surface area contributed by atoms with Crippen LogP contribution in [0.5, 0.6) is 0 Å². The number of nitrogens with zero attached hydrogens (tertiary/aromatic N) is 1. The number of rotatable bonds is 2. The lowest BCUT2D eigenvalue weighted by atomic mass is 10.2. The first-order chi connectivity index (χ1) is 11.0. The van der Waals surface area contributed by atoms with Gasteiger partial charge in [-0.25, -0.2) is 9.18 Å². The molecular formula is C16H13Cl2FN2OS. The van der Waals surface area contributed by atoms with E-state index in [0.717, 1.165) is 11.3 Å². The predicted octanol–water partition coefficient (Wildman–Crippen LogP) is 5.41. The summed E-state index contributed by atoms with van der Waals surface area (Å²) in [7, 11) is 0. The topological polar surface area (TPSA) is 32.3 Å². The fraction of sp³-hybridized carbons (Fsp3) is 0.188. The maximum absolute atomic E-state index is 13.1. The van der Waals surface area contributed by atoms with Gasteiger partial charge in [0, 0.05) is 17.3 Å². The van der Waals surface area contributed by atoms with Gasteiger partial charge in [-0.3, -0.25) is 0 Å². The van der Waals surface area contributed by atoms with Crippen molar-refractivity contribution in [2.24, 2.45) is 0 Å². The lowest BCUT2D eigenvalue weighted by Gasteiger charge is -2.24. The van der Waals surface area contributed by atoms with Crippen molar-refractivity contribution >= 4 is 46.7 Å². The summed E-state index contributed by atoms with van der Waals surface area (Å²) in [6, 6.07) is 10.9. The van der Waals surface area contributed by atoms with Crippen LogP contribution in [0.25, 0.3) is 0 Å². The molecule has 2 aromatic carbocycles. The Bertz CT molecular complexity index is 727. The zero-order valence-electron chi connectivity index (χ0n) is 11.9. The van der Waals surface area contributed by atoms with Crippen LogP contribution >= 0.6 is 35.0 Å². The van der Waals surface area contributed by atoms with E-state index in [2.05, 4.69) is 5.32 Å². The summed E-state index contributed by atoms with van der Waals surface area (Å²) in [5, 5.41) is 3.56. The number of urea groups is 1. The Balaban J connectivity index is 1.76. The number of carbonyl (C=O) groups excluding carboxylic acids is 1. The van der Waals surface area contributed by atoms with Gasteiger partial charge in [0.2, 0.25) is 0 Å². The van der Waals surface area contributed by atoms with E-state index in [1.165, 1.54) is 12.1 Å². The number of nitrogens with one attached hydrogen (secondary N) is 1. The van der Waals surface area contributed by atoms with E-state index in [9.17, 15) is 9.18 Å². The van der Waals surface area contributed by atoms with Gasteiger partial charge in [0.15, 0.2) is 0 Å². The van der Waals surface area contributed by atoms with Crippen LogP contribution in [-0.4, -0.2) is 23.2 Å². The second-order valence-corrected chi connectivity index (χ2v) is 7.05. The third-order valence-corrected chi connectivity index (χ3v) is 5.29. The molecule has 0 aromatic heterocycles. The average molecular weight is 371 g/mol. The third-order valence-electron chi connectivity index (χ3n) is 3.48. The normalized spacial score (nSPS) is 17.3. The highest BCUT2D eigenvalue weighted by atomic mass is 35.5. The molecule has 23 heavy (non-hydrogen) atoms. The molecule has 7 heteroatoms. The highest BCUT2D eigenvalue weighted by Crippen LogP contribution is 2.38.